The van der Waals surface area contributed by atoms with Crippen LogP contribution in [0.15, 0.2) is 42.5 Å². The fraction of sp³-hybridized carbons (Fsp3) is 0.286. The molecule has 2 amide bonds. The highest BCUT2D eigenvalue weighted by Crippen LogP contribution is 2.25. The van der Waals surface area contributed by atoms with E-state index in [0.717, 1.165) is 16.7 Å². The van der Waals surface area contributed by atoms with E-state index in [-0.39, 0.29) is 12.0 Å². The second-order valence-electron chi connectivity index (χ2n) is 6.47. The Bertz CT molecular complexity index is 909. The molecule has 0 bridgehead atoms. The SMILES string of the molecule is COC(=O)N1CCN(C(=O)c2cccc(-c3ccc(C#N)cc3C)c2)CC1. The number of methoxy groups -OCH3 is 1. The van der Waals surface area contributed by atoms with Gasteiger partial charge in [0.25, 0.3) is 5.91 Å². The smallest absolute Gasteiger partial charge is 0.409 e. The van der Waals surface area contributed by atoms with Gasteiger partial charge in [-0.1, -0.05) is 18.2 Å². The molecule has 138 valence electrons. The molecule has 0 unspecified atom stereocenters. The summed E-state index contributed by atoms with van der Waals surface area (Å²) in [6.45, 7) is 3.85. The van der Waals surface area contributed by atoms with Crippen molar-refractivity contribution in [3.63, 3.8) is 0 Å². The topological polar surface area (TPSA) is 73.6 Å². The maximum absolute atomic E-state index is 12.9. The molecule has 0 saturated carbocycles. The van der Waals surface area contributed by atoms with Crippen LogP contribution in [0.1, 0.15) is 21.5 Å². The van der Waals surface area contributed by atoms with Crippen LogP contribution in [0.25, 0.3) is 11.1 Å². The molecule has 1 fully saturated rings. The summed E-state index contributed by atoms with van der Waals surface area (Å²) in [5, 5.41) is 9.02. The fourth-order valence-corrected chi connectivity index (χ4v) is 3.28. The van der Waals surface area contributed by atoms with Gasteiger partial charge in [0, 0.05) is 31.7 Å². The van der Waals surface area contributed by atoms with Gasteiger partial charge in [0.15, 0.2) is 0 Å². The van der Waals surface area contributed by atoms with Crippen LogP contribution in [-0.2, 0) is 4.74 Å². The molecule has 0 aliphatic carbocycles. The maximum Gasteiger partial charge on any atom is 0.409 e. The molecule has 1 aliphatic heterocycles. The average molecular weight is 363 g/mol. The molecule has 0 spiro atoms. The third-order valence-corrected chi connectivity index (χ3v) is 4.78. The van der Waals surface area contributed by atoms with Crippen molar-refractivity contribution in [1.82, 2.24) is 9.80 Å². The fourth-order valence-electron chi connectivity index (χ4n) is 3.28. The molecule has 2 aromatic rings. The number of nitrogens with zero attached hydrogens (tertiary/aromatic N) is 3. The van der Waals surface area contributed by atoms with E-state index >= 15 is 0 Å². The average Bonchev–Trinajstić information content (AvgIpc) is 2.72. The van der Waals surface area contributed by atoms with Gasteiger partial charge >= 0.3 is 6.09 Å². The van der Waals surface area contributed by atoms with Crippen LogP contribution in [0.3, 0.4) is 0 Å². The highest BCUT2D eigenvalue weighted by molar-refractivity contribution is 5.95. The summed E-state index contributed by atoms with van der Waals surface area (Å²) in [4.78, 5) is 27.8. The van der Waals surface area contributed by atoms with Gasteiger partial charge in [-0.15, -0.1) is 0 Å². The van der Waals surface area contributed by atoms with Crippen molar-refractivity contribution in [3.8, 4) is 17.2 Å². The first-order valence-corrected chi connectivity index (χ1v) is 8.77. The van der Waals surface area contributed by atoms with Gasteiger partial charge in [-0.2, -0.15) is 5.26 Å². The summed E-state index contributed by atoms with van der Waals surface area (Å²) in [5.41, 5.74) is 4.16. The zero-order valence-electron chi connectivity index (χ0n) is 15.4. The number of hydrogen-bond acceptors (Lipinski definition) is 4. The van der Waals surface area contributed by atoms with Crippen LogP contribution >= 0.6 is 0 Å². The lowest BCUT2D eigenvalue weighted by molar-refractivity contribution is 0.0600. The number of nitriles is 1. The third-order valence-electron chi connectivity index (χ3n) is 4.78. The Labute approximate surface area is 158 Å². The van der Waals surface area contributed by atoms with Gasteiger partial charge < -0.3 is 14.5 Å². The Morgan fingerprint density at radius 1 is 1.04 bits per heavy atom. The van der Waals surface area contributed by atoms with Crippen LogP contribution in [-0.4, -0.2) is 55.1 Å². The van der Waals surface area contributed by atoms with Crippen LogP contribution in [0.2, 0.25) is 0 Å². The van der Waals surface area contributed by atoms with E-state index in [2.05, 4.69) is 6.07 Å². The Kier molecular flexibility index (Phi) is 5.41. The van der Waals surface area contributed by atoms with Crippen LogP contribution in [0.4, 0.5) is 4.79 Å². The van der Waals surface area contributed by atoms with Gasteiger partial charge in [-0.25, -0.2) is 4.79 Å². The molecule has 0 aromatic heterocycles. The second kappa shape index (κ2) is 7.92. The van der Waals surface area contributed by atoms with Crippen molar-refractivity contribution in [3.05, 3.63) is 59.2 Å². The van der Waals surface area contributed by atoms with E-state index in [0.29, 0.717) is 37.3 Å². The van der Waals surface area contributed by atoms with Crippen LogP contribution in [0.5, 0.6) is 0 Å². The zero-order valence-corrected chi connectivity index (χ0v) is 15.4. The van der Waals surface area contributed by atoms with Crippen molar-refractivity contribution in [2.45, 2.75) is 6.92 Å². The van der Waals surface area contributed by atoms with Crippen molar-refractivity contribution < 1.29 is 14.3 Å². The molecule has 27 heavy (non-hydrogen) atoms. The maximum atomic E-state index is 12.9. The Hall–Kier alpha value is -3.33. The van der Waals surface area contributed by atoms with E-state index < -0.39 is 0 Å². The lowest BCUT2D eigenvalue weighted by atomic mass is 9.97. The van der Waals surface area contributed by atoms with Gasteiger partial charge in [0.2, 0.25) is 0 Å². The van der Waals surface area contributed by atoms with Gasteiger partial charge in [-0.05, 0) is 47.9 Å². The number of amides is 2. The normalized spacial score (nSPS) is 13.8. The number of carbonyl (C=O) groups excluding carboxylic acids is 2. The summed E-state index contributed by atoms with van der Waals surface area (Å²) in [6.07, 6.45) is -0.361. The molecule has 0 atom stereocenters. The molecule has 2 aromatic carbocycles. The van der Waals surface area contributed by atoms with Crippen molar-refractivity contribution in [2.75, 3.05) is 33.3 Å². The summed E-state index contributed by atoms with van der Waals surface area (Å²) in [6, 6.07) is 15.2. The van der Waals surface area contributed by atoms with Crippen LogP contribution < -0.4 is 0 Å². The Balaban J connectivity index is 1.77. The Morgan fingerprint density at radius 3 is 2.37 bits per heavy atom. The molecular weight excluding hydrogens is 342 g/mol. The molecule has 3 rings (SSSR count). The summed E-state index contributed by atoms with van der Waals surface area (Å²) in [5.74, 6) is -0.0485. The molecule has 0 N–H and O–H groups in total. The monoisotopic (exact) mass is 363 g/mol. The minimum Gasteiger partial charge on any atom is -0.453 e. The van der Waals surface area contributed by atoms with E-state index in [9.17, 15) is 9.59 Å². The van der Waals surface area contributed by atoms with Crippen molar-refractivity contribution >= 4 is 12.0 Å². The summed E-state index contributed by atoms with van der Waals surface area (Å²) < 4.78 is 4.73. The van der Waals surface area contributed by atoms with Gasteiger partial charge in [0.1, 0.15) is 0 Å². The number of piperazine rings is 1. The summed E-state index contributed by atoms with van der Waals surface area (Å²) in [7, 11) is 1.36. The first-order chi connectivity index (χ1) is 13.0. The largest absolute Gasteiger partial charge is 0.453 e. The predicted octanol–water partition coefficient (Wildman–Crippen LogP) is 3.06. The van der Waals surface area contributed by atoms with Crippen LogP contribution in [0, 0.1) is 18.3 Å². The third kappa shape index (κ3) is 3.93. The second-order valence-corrected chi connectivity index (χ2v) is 6.47. The molecule has 6 heteroatoms. The number of hydrogen-bond donors (Lipinski definition) is 0. The van der Waals surface area contributed by atoms with E-state index in [1.54, 1.807) is 21.9 Å². The Morgan fingerprint density at radius 2 is 1.74 bits per heavy atom. The van der Waals surface area contributed by atoms with E-state index in [4.69, 9.17) is 10.00 Å². The van der Waals surface area contributed by atoms with E-state index in [1.165, 1.54) is 7.11 Å². The number of rotatable bonds is 2. The quantitative estimate of drug-likeness (QED) is 0.822. The van der Waals surface area contributed by atoms with E-state index in [1.807, 2.05) is 37.3 Å². The highest BCUT2D eigenvalue weighted by Gasteiger charge is 2.25. The molecule has 0 radical (unpaired) electrons. The molecular formula is C21H21N3O3. The minimum absolute atomic E-state index is 0.0485. The lowest BCUT2D eigenvalue weighted by Crippen LogP contribution is -2.50. The highest BCUT2D eigenvalue weighted by atomic mass is 16.5. The number of benzene rings is 2. The lowest BCUT2D eigenvalue weighted by Gasteiger charge is -2.33. The standard InChI is InChI=1S/C21H21N3O3/c1-15-12-16(14-22)6-7-19(15)17-4-3-5-18(13-17)20(25)23-8-10-24(11-9-23)21(26)27-2/h3-7,12-13H,8-11H2,1-2H3. The molecule has 1 heterocycles. The van der Waals surface area contributed by atoms with Gasteiger partial charge in [-0.3, -0.25) is 4.79 Å². The van der Waals surface area contributed by atoms with Crippen molar-refractivity contribution in [1.29, 1.82) is 5.26 Å². The number of aryl methyl sites for hydroxylation is 1. The molecule has 1 aliphatic rings. The zero-order chi connectivity index (χ0) is 19.4. The number of ether oxygens (including phenoxy) is 1. The first kappa shape index (κ1) is 18.5. The molecule has 1 saturated heterocycles. The number of carbonyl (C=O) groups is 2. The van der Waals surface area contributed by atoms with Crippen molar-refractivity contribution in [2.24, 2.45) is 0 Å². The predicted molar refractivity (Wildman–Crippen MR) is 101 cm³/mol. The minimum atomic E-state index is -0.361. The van der Waals surface area contributed by atoms with Gasteiger partial charge in [0.05, 0.1) is 18.7 Å². The molecule has 6 nitrogen and oxygen atoms in total. The summed E-state index contributed by atoms with van der Waals surface area (Å²) >= 11 is 0. The first-order valence-electron chi connectivity index (χ1n) is 8.77.